The molecule has 14 heteroatoms. The van der Waals surface area contributed by atoms with Gasteiger partial charge in [-0.25, -0.2) is 4.90 Å². The van der Waals surface area contributed by atoms with Crippen molar-refractivity contribution in [1.82, 2.24) is 4.98 Å². The Kier molecular flexibility index (Phi) is 7.63. The second-order valence-corrected chi connectivity index (χ2v) is 14.8. The van der Waals surface area contributed by atoms with Gasteiger partial charge in [-0.15, -0.1) is 11.8 Å². The number of alkyl halides is 3. The number of hydrogen-bond acceptors (Lipinski definition) is 8. The number of amides is 3. The lowest BCUT2D eigenvalue weighted by Crippen LogP contribution is -2.42. The summed E-state index contributed by atoms with van der Waals surface area (Å²) in [6.07, 6.45) is -4.14. The Balaban J connectivity index is 1.05. The summed E-state index contributed by atoms with van der Waals surface area (Å²) in [4.78, 5) is 57.2. The third-order valence-corrected chi connectivity index (χ3v) is 12.7. The molecule has 1 aromatic heterocycles. The smallest absolute Gasteiger partial charge is 0.418 e. The number of aromatic nitrogens is 1. The van der Waals surface area contributed by atoms with Gasteiger partial charge < -0.3 is 19.8 Å². The maximum atomic E-state index is 14.0. The van der Waals surface area contributed by atoms with Crippen molar-refractivity contribution in [3.8, 4) is 11.5 Å². The molecule has 252 valence electrons. The molecule has 2 N–H and O–H groups in total. The number of nitrogens with zero attached hydrogens (tertiary/aromatic N) is 1. The molecule has 1 saturated heterocycles. The van der Waals surface area contributed by atoms with Crippen molar-refractivity contribution < 1.29 is 37.0 Å². The second kappa shape index (κ2) is 11.8. The monoisotopic (exact) mass is 707 g/mol. The average Bonchev–Trinajstić information content (AvgIpc) is 3.82. The van der Waals surface area contributed by atoms with Gasteiger partial charge in [-0.1, -0.05) is 35.6 Å². The number of benzene rings is 3. The highest BCUT2D eigenvalue weighted by atomic mass is 32.2. The largest absolute Gasteiger partial charge is 0.497 e. The number of anilines is 2. The van der Waals surface area contributed by atoms with Crippen LogP contribution in [0.3, 0.4) is 0 Å². The summed E-state index contributed by atoms with van der Waals surface area (Å²) in [5.41, 5.74) is 0.0256. The zero-order chi connectivity index (χ0) is 34.2. The Bertz CT molecular complexity index is 2030. The number of thioether (sulfide) groups is 1. The molecule has 4 aliphatic rings. The molecule has 6 unspecified atom stereocenters. The first kappa shape index (κ1) is 31.7. The molecule has 2 aliphatic carbocycles. The Morgan fingerprint density at radius 2 is 1.61 bits per heavy atom. The molecule has 7 atom stereocenters. The molecule has 0 radical (unpaired) electrons. The summed E-state index contributed by atoms with van der Waals surface area (Å²) < 4.78 is 52.7. The third kappa shape index (κ3) is 5.23. The predicted molar refractivity (Wildman–Crippen MR) is 176 cm³/mol. The minimum absolute atomic E-state index is 0.124. The Hall–Kier alpha value is -4.56. The number of thiazole rings is 1. The number of carbonyl (C=O) groups is 3. The first-order valence-electron chi connectivity index (χ1n) is 15.6. The van der Waals surface area contributed by atoms with Crippen molar-refractivity contribution in [1.29, 1.82) is 0 Å². The Morgan fingerprint density at radius 1 is 0.939 bits per heavy atom. The summed E-state index contributed by atoms with van der Waals surface area (Å²) in [7, 11) is 1.56. The first-order valence-corrected chi connectivity index (χ1v) is 17.3. The summed E-state index contributed by atoms with van der Waals surface area (Å²) in [5, 5.41) is 3.36. The van der Waals surface area contributed by atoms with Crippen molar-refractivity contribution in [3.05, 3.63) is 98.5 Å². The zero-order valence-corrected chi connectivity index (χ0v) is 27.4. The molecule has 3 aromatic carbocycles. The van der Waals surface area contributed by atoms with E-state index in [0.29, 0.717) is 23.6 Å². The Morgan fingerprint density at radius 3 is 2.31 bits per heavy atom. The molecule has 3 heterocycles. The summed E-state index contributed by atoms with van der Waals surface area (Å²) in [6.45, 7) is -0.226. The number of halogens is 3. The second-order valence-electron chi connectivity index (χ2n) is 12.6. The molecule has 9 nitrogen and oxygen atoms in total. The first-order chi connectivity index (χ1) is 23.5. The van der Waals surface area contributed by atoms with Gasteiger partial charge in [0, 0.05) is 21.7 Å². The number of ether oxygens (including phenoxy) is 2. The fourth-order valence-electron chi connectivity index (χ4n) is 8.33. The highest BCUT2D eigenvalue weighted by Crippen LogP contribution is 2.69. The van der Waals surface area contributed by atoms with Crippen molar-refractivity contribution in [2.45, 2.75) is 28.8 Å². The number of para-hydroxylation sites is 1. The van der Waals surface area contributed by atoms with Gasteiger partial charge in [0.25, 0.3) is 5.91 Å². The average molecular weight is 708 g/mol. The van der Waals surface area contributed by atoms with Gasteiger partial charge in [0.15, 0.2) is 6.61 Å². The quantitative estimate of drug-likeness (QED) is 0.221. The van der Waals surface area contributed by atoms with E-state index in [1.54, 1.807) is 43.5 Å². The van der Waals surface area contributed by atoms with Crippen LogP contribution < -0.4 is 24.6 Å². The third-order valence-electron chi connectivity index (χ3n) is 10.2. The summed E-state index contributed by atoms with van der Waals surface area (Å²) in [6, 6.07) is 18.9. The molecular formula is C35H28F3N3O6S2. The number of imide groups is 1. The predicted octanol–water partition coefficient (Wildman–Crippen LogP) is 6.16. The lowest BCUT2D eigenvalue weighted by molar-refractivity contribution is -0.137. The van der Waals surface area contributed by atoms with Crippen LogP contribution in [0.15, 0.2) is 82.6 Å². The van der Waals surface area contributed by atoms with E-state index in [4.69, 9.17) is 9.47 Å². The Labute approximate surface area is 285 Å². The van der Waals surface area contributed by atoms with Gasteiger partial charge in [0.2, 0.25) is 11.8 Å². The standard InChI is InChI=1S/C35H28F3N3O6S2/c1-46-18-12-8-17(9-13-18)39-24(42)15-47-19-10-6-16(7-11-19)25-26-20-14-21(29(26)48-31-30(25)49-34(45)40-31)28-27(20)32(43)41(33(28)44)23-5-3-2-4-22(23)35(36,37)38/h2-13,20-21,25-29H,14-15H2,1H3,(H,39,42)(H,40,45)/t20?,21?,25-,26?,27?,28?,29?/m1/s1. The van der Waals surface area contributed by atoms with E-state index >= 15 is 0 Å². The molecule has 2 aliphatic heterocycles. The number of aromatic amines is 1. The molecule has 2 saturated carbocycles. The highest BCUT2D eigenvalue weighted by molar-refractivity contribution is 8.00. The lowest BCUT2D eigenvalue weighted by atomic mass is 9.68. The molecule has 0 spiro atoms. The van der Waals surface area contributed by atoms with E-state index in [1.165, 1.54) is 30.0 Å². The van der Waals surface area contributed by atoms with Gasteiger partial charge in [-0.05, 0) is 78.3 Å². The number of H-pyrrole nitrogens is 1. The topological polar surface area (TPSA) is 118 Å². The molecule has 49 heavy (non-hydrogen) atoms. The van der Waals surface area contributed by atoms with E-state index in [9.17, 15) is 32.3 Å². The van der Waals surface area contributed by atoms with Gasteiger partial charge in [0.05, 0.1) is 35.2 Å². The van der Waals surface area contributed by atoms with Crippen molar-refractivity contribution in [2.75, 3.05) is 23.9 Å². The number of hydrogen-bond donors (Lipinski definition) is 2. The normalized spacial score (nSPS) is 26.7. The van der Waals surface area contributed by atoms with Crippen LogP contribution in [0.2, 0.25) is 0 Å². The molecule has 3 fully saturated rings. The van der Waals surface area contributed by atoms with Crippen LogP contribution in [0.4, 0.5) is 24.5 Å². The van der Waals surface area contributed by atoms with Crippen LogP contribution in [-0.2, 0) is 20.6 Å². The number of methoxy groups -OCH3 is 1. The van der Waals surface area contributed by atoms with E-state index in [-0.39, 0.29) is 46.3 Å². The van der Waals surface area contributed by atoms with Crippen LogP contribution >= 0.6 is 23.1 Å². The molecular weight excluding hydrogens is 680 g/mol. The van der Waals surface area contributed by atoms with E-state index in [0.717, 1.165) is 37.8 Å². The summed E-state index contributed by atoms with van der Waals surface area (Å²) in [5.74, 6) is -2.78. The molecule has 4 aromatic rings. The maximum Gasteiger partial charge on any atom is 0.418 e. The number of rotatable bonds is 7. The van der Waals surface area contributed by atoms with Crippen LogP contribution in [0.5, 0.6) is 11.5 Å². The van der Waals surface area contributed by atoms with Gasteiger partial charge >= 0.3 is 11.0 Å². The van der Waals surface area contributed by atoms with Crippen LogP contribution in [-0.4, -0.2) is 41.7 Å². The van der Waals surface area contributed by atoms with Gasteiger partial charge in [-0.2, -0.15) is 13.2 Å². The number of fused-ring (bicyclic) bond motifs is 9. The molecule has 3 amide bonds. The maximum absolute atomic E-state index is 14.0. The van der Waals surface area contributed by atoms with Gasteiger partial charge in [0.1, 0.15) is 11.5 Å². The van der Waals surface area contributed by atoms with Crippen LogP contribution in [0.25, 0.3) is 0 Å². The fraction of sp³-hybridized carbons (Fsp3) is 0.314. The van der Waals surface area contributed by atoms with Crippen LogP contribution in [0.1, 0.15) is 28.3 Å². The zero-order valence-electron chi connectivity index (χ0n) is 25.7. The minimum atomic E-state index is -4.74. The van der Waals surface area contributed by atoms with E-state index < -0.39 is 41.1 Å². The summed E-state index contributed by atoms with van der Waals surface area (Å²) >= 11 is 2.61. The minimum Gasteiger partial charge on any atom is -0.497 e. The van der Waals surface area contributed by atoms with Crippen LogP contribution in [0, 0.1) is 29.6 Å². The van der Waals surface area contributed by atoms with E-state index in [2.05, 4.69) is 10.3 Å². The number of nitrogens with one attached hydrogen (secondary N) is 2. The van der Waals surface area contributed by atoms with E-state index in [1.807, 2.05) is 12.1 Å². The number of carbonyl (C=O) groups excluding carboxylic acids is 3. The van der Waals surface area contributed by atoms with Crippen molar-refractivity contribution in [3.63, 3.8) is 0 Å². The molecule has 2 bridgehead atoms. The fourth-order valence-corrected chi connectivity index (χ4v) is 11.2. The molecule has 8 rings (SSSR count). The van der Waals surface area contributed by atoms with Gasteiger partial charge in [-0.3, -0.25) is 19.2 Å². The SMILES string of the molecule is COc1ccc(NC(=O)COc2ccc([C@H]3c4sc(=O)[nH]c4SC4C5CC(C6C(=O)N(c7ccccc7C(F)(F)F)C(=O)C56)C43)cc2)cc1. The highest BCUT2D eigenvalue weighted by Gasteiger charge is 2.70. The van der Waals surface area contributed by atoms with Crippen molar-refractivity contribution >= 4 is 52.2 Å². The van der Waals surface area contributed by atoms with Crippen molar-refractivity contribution in [2.24, 2.45) is 29.6 Å². The lowest BCUT2D eigenvalue weighted by Gasteiger charge is -2.43.